The molecule has 1 aromatic carbocycles. The fraction of sp³-hybridized carbons (Fsp3) is 0.214. The van der Waals surface area contributed by atoms with Gasteiger partial charge in [-0.05, 0) is 30.5 Å². The minimum absolute atomic E-state index is 0.0262. The van der Waals surface area contributed by atoms with Gasteiger partial charge >= 0.3 is 0 Å². The number of hydrogen-bond donors (Lipinski definition) is 1. The summed E-state index contributed by atoms with van der Waals surface area (Å²) in [6.45, 7) is 2.47. The highest BCUT2D eigenvalue weighted by Gasteiger charge is 2.15. The zero-order valence-corrected chi connectivity index (χ0v) is 12.8. The van der Waals surface area contributed by atoms with Crippen molar-refractivity contribution in [3.8, 4) is 0 Å². The Bertz CT molecular complexity index is 542. The highest BCUT2D eigenvalue weighted by molar-refractivity contribution is 8.00. The highest BCUT2D eigenvalue weighted by Crippen LogP contribution is 2.30. The first-order valence-electron chi connectivity index (χ1n) is 5.88. The molecule has 0 aliphatic heterocycles. The van der Waals surface area contributed by atoms with Gasteiger partial charge in [-0.15, -0.1) is 23.1 Å². The lowest BCUT2D eigenvalue weighted by molar-refractivity contribution is -0.120. The minimum atomic E-state index is -0.167. The predicted octanol–water partition coefficient (Wildman–Crippen LogP) is 4.20. The van der Waals surface area contributed by atoms with Gasteiger partial charge in [0.1, 0.15) is 0 Å². The molecule has 0 aliphatic rings. The molecule has 1 aromatic heterocycles. The van der Waals surface area contributed by atoms with Gasteiger partial charge in [0.15, 0.2) is 0 Å². The van der Waals surface area contributed by atoms with Crippen molar-refractivity contribution in [2.24, 2.45) is 0 Å². The Morgan fingerprint density at radius 2 is 2.16 bits per heavy atom. The molecule has 0 radical (unpaired) electrons. The van der Waals surface area contributed by atoms with Crippen molar-refractivity contribution in [1.29, 1.82) is 0 Å². The number of benzene rings is 1. The van der Waals surface area contributed by atoms with Crippen LogP contribution < -0.4 is 5.32 Å². The molecule has 1 N–H and O–H groups in total. The second-order valence-electron chi connectivity index (χ2n) is 3.99. The van der Waals surface area contributed by atoms with Crippen LogP contribution >= 0.6 is 34.7 Å². The third-order valence-corrected chi connectivity index (χ3v) is 5.02. The molecule has 2 nitrogen and oxygen atoms in total. The number of rotatable bonds is 5. The molecule has 0 aliphatic carbocycles. The molecule has 0 saturated carbocycles. The SMILES string of the molecule is CC(Sc1ccccc1Cl)C(=O)NCc1cccs1. The van der Waals surface area contributed by atoms with Crippen molar-refractivity contribution in [2.45, 2.75) is 23.6 Å². The maximum atomic E-state index is 12.0. The van der Waals surface area contributed by atoms with Crippen molar-refractivity contribution in [1.82, 2.24) is 5.32 Å². The second kappa shape index (κ2) is 6.98. The van der Waals surface area contributed by atoms with E-state index in [-0.39, 0.29) is 11.2 Å². The minimum Gasteiger partial charge on any atom is -0.350 e. The van der Waals surface area contributed by atoms with Gasteiger partial charge in [0.05, 0.1) is 16.8 Å². The molecular weight excluding hydrogens is 298 g/mol. The first-order valence-corrected chi connectivity index (χ1v) is 8.02. The quantitative estimate of drug-likeness (QED) is 0.839. The molecule has 1 unspecified atom stereocenters. The molecule has 19 heavy (non-hydrogen) atoms. The molecule has 0 saturated heterocycles. The lowest BCUT2D eigenvalue weighted by atomic mass is 10.4. The van der Waals surface area contributed by atoms with Crippen LogP contribution in [0.4, 0.5) is 0 Å². The fourth-order valence-corrected chi connectivity index (χ4v) is 3.34. The lowest BCUT2D eigenvalue weighted by Gasteiger charge is -2.12. The average Bonchev–Trinajstić information content (AvgIpc) is 2.91. The fourth-order valence-electron chi connectivity index (χ4n) is 1.52. The van der Waals surface area contributed by atoms with Gasteiger partial charge in [-0.2, -0.15) is 0 Å². The second-order valence-corrected chi connectivity index (χ2v) is 6.81. The molecule has 1 amide bonds. The molecule has 2 aromatic rings. The van der Waals surface area contributed by atoms with E-state index in [9.17, 15) is 4.79 Å². The summed E-state index contributed by atoms with van der Waals surface area (Å²) in [5.74, 6) is 0.0262. The van der Waals surface area contributed by atoms with Crippen LogP contribution in [0.15, 0.2) is 46.7 Å². The van der Waals surface area contributed by atoms with Crippen molar-refractivity contribution in [3.63, 3.8) is 0 Å². The van der Waals surface area contributed by atoms with Crippen LogP contribution in [-0.4, -0.2) is 11.2 Å². The van der Waals surface area contributed by atoms with Crippen LogP contribution in [0.25, 0.3) is 0 Å². The summed E-state index contributed by atoms with van der Waals surface area (Å²) in [6.07, 6.45) is 0. The molecule has 0 spiro atoms. The first-order chi connectivity index (χ1) is 9.16. The number of halogens is 1. The Labute approximate surface area is 126 Å². The summed E-state index contributed by atoms with van der Waals surface area (Å²) in [5.41, 5.74) is 0. The van der Waals surface area contributed by atoms with Crippen LogP contribution in [0.2, 0.25) is 5.02 Å². The standard InChI is InChI=1S/C14H14ClNOS2/c1-10(19-13-7-3-2-6-12(13)15)14(17)16-9-11-5-4-8-18-11/h2-8,10H,9H2,1H3,(H,16,17). The van der Waals surface area contributed by atoms with E-state index in [2.05, 4.69) is 5.32 Å². The summed E-state index contributed by atoms with van der Waals surface area (Å²) < 4.78 is 0. The molecule has 0 fully saturated rings. The first kappa shape index (κ1) is 14.4. The molecule has 0 bridgehead atoms. The highest BCUT2D eigenvalue weighted by atomic mass is 35.5. The Kier molecular flexibility index (Phi) is 5.31. The number of carbonyl (C=O) groups excluding carboxylic acids is 1. The van der Waals surface area contributed by atoms with Crippen molar-refractivity contribution in [2.75, 3.05) is 0 Å². The van der Waals surface area contributed by atoms with Crippen LogP contribution in [0, 0.1) is 0 Å². The smallest absolute Gasteiger partial charge is 0.233 e. The summed E-state index contributed by atoms with van der Waals surface area (Å²) in [5, 5.41) is 5.45. The Balaban J connectivity index is 1.87. The van der Waals surface area contributed by atoms with Crippen LogP contribution in [0.5, 0.6) is 0 Å². The Morgan fingerprint density at radius 3 is 2.84 bits per heavy atom. The van der Waals surface area contributed by atoms with E-state index in [4.69, 9.17) is 11.6 Å². The Hall–Kier alpha value is -0.970. The van der Waals surface area contributed by atoms with Crippen molar-refractivity contribution < 1.29 is 4.79 Å². The third-order valence-electron chi connectivity index (χ3n) is 2.53. The zero-order chi connectivity index (χ0) is 13.7. The lowest BCUT2D eigenvalue weighted by Crippen LogP contribution is -2.30. The van der Waals surface area contributed by atoms with E-state index >= 15 is 0 Å². The van der Waals surface area contributed by atoms with Crippen LogP contribution in [0.3, 0.4) is 0 Å². The van der Waals surface area contributed by atoms with Crippen molar-refractivity contribution in [3.05, 3.63) is 51.7 Å². The maximum absolute atomic E-state index is 12.0. The number of amides is 1. The molecule has 2 rings (SSSR count). The average molecular weight is 312 g/mol. The molecule has 1 atom stereocenters. The van der Waals surface area contributed by atoms with Crippen molar-refractivity contribution >= 4 is 40.6 Å². The van der Waals surface area contributed by atoms with E-state index in [1.807, 2.05) is 48.7 Å². The predicted molar refractivity (Wildman–Crippen MR) is 82.9 cm³/mol. The van der Waals surface area contributed by atoms with E-state index < -0.39 is 0 Å². The largest absolute Gasteiger partial charge is 0.350 e. The number of nitrogens with one attached hydrogen (secondary N) is 1. The topological polar surface area (TPSA) is 29.1 Å². The normalized spacial score (nSPS) is 12.1. The molecule has 100 valence electrons. The molecule has 1 heterocycles. The Morgan fingerprint density at radius 1 is 1.37 bits per heavy atom. The van der Waals surface area contributed by atoms with Gasteiger partial charge in [-0.3, -0.25) is 4.79 Å². The van der Waals surface area contributed by atoms with E-state index in [0.717, 1.165) is 9.77 Å². The van der Waals surface area contributed by atoms with Gasteiger partial charge in [-0.1, -0.05) is 29.8 Å². The summed E-state index contributed by atoms with van der Waals surface area (Å²) in [4.78, 5) is 14.1. The van der Waals surface area contributed by atoms with Gasteiger partial charge in [-0.25, -0.2) is 0 Å². The number of hydrogen-bond acceptors (Lipinski definition) is 3. The van der Waals surface area contributed by atoms with E-state index in [1.54, 1.807) is 11.3 Å². The molecule has 5 heteroatoms. The monoisotopic (exact) mass is 311 g/mol. The van der Waals surface area contributed by atoms with E-state index in [1.165, 1.54) is 11.8 Å². The summed E-state index contributed by atoms with van der Waals surface area (Å²) >= 11 is 9.20. The van der Waals surface area contributed by atoms with Crippen LogP contribution in [-0.2, 0) is 11.3 Å². The van der Waals surface area contributed by atoms with E-state index in [0.29, 0.717) is 11.6 Å². The maximum Gasteiger partial charge on any atom is 0.233 e. The van der Waals surface area contributed by atoms with Gasteiger partial charge in [0, 0.05) is 9.77 Å². The zero-order valence-electron chi connectivity index (χ0n) is 10.4. The van der Waals surface area contributed by atoms with Gasteiger partial charge in [0.2, 0.25) is 5.91 Å². The van der Waals surface area contributed by atoms with Gasteiger partial charge < -0.3 is 5.32 Å². The number of thiophene rings is 1. The third kappa shape index (κ3) is 4.27. The molecular formula is C14H14ClNOS2. The number of carbonyl (C=O) groups is 1. The summed E-state index contributed by atoms with van der Waals surface area (Å²) in [6, 6.07) is 11.6. The summed E-state index contributed by atoms with van der Waals surface area (Å²) in [7, 11) is 0. The number of thioether (sulfide) groups is 1. The van der Waals surface area contributed by atoms with Gasteiger partial charge in [0.25, 0.3) is 0 Å². The van der Waals surface area contributed by atoms with Crippen LogP contribution in [0.1, 0.15) is 11.8 Å².